The van der Waals surface area contributed by atoms with Gasteiger partial charge in [0.15, 0.2) is 0 Å². The van der Waals surface area contributed by atoms with Crippen LogP contribution in [0.5, 0.6) is 0 Å². The average Bonchev–Trinajstić information content (AvgIpc) is 2.37. The van der Waals surface area contributed by atoms with Gasteiger partial charge in [0, 0.05) is 23.6 Å². The van der Waals surface area contributed by atoms with Crippen LogP contribution >= 0.6 is 15.9 Å². The molecule has 3 heteroatoms. The normalized spacial score (nSPS) is 14.3. The van der Waals surface area contributed by atoms with E-state index in [1.54, 1.807) is 0 Å². The Morgan fingerprint density at radius 2 is 1.94 bits per heavy atom. The standard InChI is InChI=1S/C15H25BrN2/c1-6-11(3)18(5)15-9-8-13(10-14(15)16)12(4)17-7-2/h8-12,17H,6-7H2,1-5H3. The molecule has 0 spiro atoms. The maximum Gasteiger partial charge on any atom is 0.0510 e. The molecule has 2 nitrogen and oxygen atoms in total. The van der Waals surface area contributed by atoms with Gasteiger partial charge in [-0.3, -0.25) is 0 Å². The van der Waals surface area contributed by atoms with Crippen molar-refractivity contribution >= 4 is 21.6 Å². The largest absolute Gasteiger partial charge is 0.371 e. The third kappa shape index (κ3) is 3.72. The summed E-state index contributed by atoms with van der Waals surface area (Å²) in [5.74, 6) is 0. The molecule has 0 aromatic heterocycles. The van der Waals surface area contributed by atoms with Gasteiger partial charge in [-0.2, -0.15) is 0 Å². The highest BCUT2D eigenvalue weighted by molar-refractivity contribution is 9.10. The van der Waals surface area contributed by atoms with Crippen molar-refractivity contribution in [1.82, 2.24) is 5.32 Å². The second-order valence-corrected chi connectivity index (χ2v) is 5.71. The van der Waals surface area contributed by atoms with Crippen molar-refractivity contribution in [1.29, 1.82) is 0 Å². The molecule has 0 saturated heterocycles. The van der Waals surface area contributed by atoms with E-state index in [-0.39, 0.29) is 0 Å². The Balaban J connectivity index is 2.92. The predicted molar refractivity (Wildman–Crippen MR) is 84.4 cm³/mol. The fourth-order valence-corrected chi connectivity index (χ4v) is 2.69. The highest BCUT2D eigenvalue weighted by atomic mass is 79.9. The molecule has 1 aromatic rings. The molecule has 1 N–H and O–H groups in total. The van der Waals surface area contributed by atoms with Crippen LogP contribution in [0.15, 0.2) is 22.7 Å². The fraction of sp³-hybridized carbons (Fsp3) is 0.600. The van der Waals surface area contributed by atoms with E-state index in [1.807, 2.05) is 0 Å². The molecule has 1 aromatic carbocycles. The van der Waals surface area contributed by atoms with Crippen LogP contribution in [-0.4, -0.2) is 19.6 Å². The van der Waals surface area contributed by atoms with Gasteiger partial charge in [0.1, 0.15) is 0 Å². The van der Waals surface area contributed by atoms with Crippen molar-refractivity contribution in [3.05, 3.63) is 28.2 Å². The number of hydrogen-bond acceptors (Lipinski definition) is 2. The summed E-state index contributed by atoms with van der Waals surface area (Å²) in [5, 5.41) is 3.44. The van der Waals surface area contributed by atoms with E-state index < -0.39 is 0 Å². The number of halogens is 1. The van der Waals surface area contributed by atoms with Crippen LogP contribution in [0.25, 0.3) is 0 Å². The highest BCUT2D eigenvalue weighted by Gasteiger charge is 2.13. The number of rotatable bonds is 6. The predicted octanol–water partition coefficient (Wildman–Crippen LogP) is 4.35. The third-order valence-corrected chi connectivity index (χ3v) is 4.25. The summed E-state index contributed by atoms with van der Waals surface area (Å²) in [7, 11) is 2.15. The maximum absolute atomic E-state index is 3.70. The van der Waals surface area contributed by atoms with Crippen molar-refractivity contribution in [2.24, 2.45) is 0 Å². The smallest absolute Gasteiger partial charge is 0.0510 e. The van der Waals surface area contributed by atoms with E-state index >= 15 is 0 Å². The number of hydrogen-bond donors (Lipinski definition) is 1. The van der Waals surface area contributed by atoms with E-state index in [9.17, 15) is 0 Å². The number of benzene rings is 1. The molecule has 0 aliphatic rings. The van der Waals surface area contributed by atoms with E-state index in [4.69, 9.17) is 0 Å². The second kappa shape index (κ2) is 7.15. The zero-order valence-electron chi connectivity index (χ0n) is 12.1. The third-order valence-electron chi connectivity index (χ3n) is 3.61. The molecular formula is C15H25BrN2. The van der Waals surface area contributed by atoms with Crippen molar-refractivity contribution in [2.45, 2.75) is 46.2 Å². The zero-order valence-corrected chi connectivity index (χ0v) is 13.7. The van der Waals surface area contributed by atoms with E-state index in [2.05, 4.69) is 79.1 Å². The second-order valence-electron chi connectivity index (χ2n) is 4.86. The summed E-state index contributed by atoms with van der Waals surface area (Å²) in [6.07, 6.45) is 1.15. The van der Waals surface area contributed by atoms with Crippen molar-refractivity contribution < 1.29 is 0 Å². The molecule has 0 radical (unpaired) electrons. The summed E-state index contributed by atoms with van der Waals surface area (Å²) < 4.78 is 1.17. The Labute approximate surface area is 120 Å². The van der Waals surface area contributed by atoms with Gasteiger partial charge in [-0.05, 0) is 60.4 Å². The Morgan fingerprint density at radius 1 is 1.28 bits per heavy atom. The fourth-order valence-electron chi connectivity index (χ4n) is 2.01. The quantitative estimate of drug-likeness (QED) is 0.840. The van der Waals surface area contributed by atoms with Crippen LogP contribution in [0, 0.1) is 0 Å². The lowest BCUT2D eigenvalue weighted by atomic mass is 10.1. The molecule has 1 rings (SSSR count). The van der Waals surface area contributed by atoms with Gasteiger partial charge in [0.05, 0.1) is 5.69 Å². The first-order chi connectivity index (χ1) is 8.51. The van der Waals surface area contributed by atoms with Crippen LogP contribution < -0.4 is 10.2 Å². The Hall–Kier alpha value is -0.540. The summed E-state index contributed by atoms with van der Waals surface area (Å²) in [5.41, 5.74) is 2.59. The topological polar surface area (TPSA) is 15.3 Å². The Morgan fingerprint density at radius 3 is 2.44 bits per heavy atom. The first kappa shape index (κ1) is 15.5. The molecule has 0 amide bonds. The van der Waals surface area contributed by atoms with Gasteiger partial charge < -0.3 is 10.2 Å². The van der Waals surface area contributed by atoms with E-state index in [1.165, 1.54) is 15.7 Å². The Bertz CT molecular complexity index is 379. The SMILES string of the molecule is CCNC(C)c1ccc(N(C)C(C)CC)c(Br)c1. The summed E-state index contributed by atoms with van der Waals surface area (Å²) in [4.78, 5) is 2.33. The van der Waals surface area contributed by atoms with Gasteiger partial charge in [-0.1, -0.05) is 19.9 Å². The van der Waals surface area contributed by atoms with Gasteiger partial charge >= 0.3 is 0 Å². The molecule has 0 bridgehead atoms. The zero-order chi connectivity index (χ0) is 13.7. The molecule has 0 aliphatic heterocycles. The molecular weight excluding hydrogens is 288 g/mol. The van der Waals surface area contributed by atoms with Crippen LogP contribution in [0.2, 0.25) is 0 Å². The molecule has 0 aliphatic carbocycles. The Kier molecular flexibility index (Phi) is 6.16. The number of nitrogens with one attached hydrogen (secondary N) is 1. The summed E-state index contributed by atoms with van der Waals surface area (Å²) >= 11 is 3.70. The van der Waals surface area contributed by atoms with Crippen LogP contribution in [0.1, 0.15) is 45.7 Å². The first-order valence-electron chi connectivity index (χ1n) is 6.76. The lowest BCUT2D eigenvalue weighted by molar-refractivity contribution is 0.597. The maximum atomic E-state index is 3.70. The van der Waals surface area contributed by atoms with E-state index in [0.29, 0.717) is 12.1 Å². The molecule has 0 heterocycles. The van der Waals surface area contributed by atoms with E-state index in [0.717, 1.165) is 13.0 Å². The van der Waals surface area contributed by atoms with Crippen molar-refractivity contribution in [2.75, 3.05) is 18.5 Å². The van der Waals surface area contributed by atoms with Crippen molar-refractivity contribution in [3.8, 4) is 0 Å². The molecule has 0 saturated carbocycles. The van der Waals surface area contributed by atoms with Gasteiger partial charge in [0.2, 0.25) is 0 Å². The molecule has 2 unspecified atom stereocenters. The number of nitrogens with zero attached hydrogens (tertiary/aromatic N) is 1. The van der Waals surface area contributed by atoms with Crippen molar-refractivity contribution in [3.63, 3.8) is 0 Å². The minimum absolute atomic E-state index is 0.397. The molecule has 18 heavy (non-hydrogen) atoms. The summed E-state index contributed by atoms with van der Waals surface area (Å²) in [6, 6.07) is 7.60. The van der Waals surface area contributed by atoms with Gasteiger partial charge in [-0.15, -0.1) is 0 Å². The molecule has 2 atom stereocenters. The highest BCUT2D eigenvalue weighted by Crippen LogP contribution is 2.30. The lowest BCUT2D eigenvalue weighted by Crippen LogP contribution is -2.28. The van der Waals surface area contributed by atoms with Gasteiger partial charge in [0.25, 0.3) is 0 Å². The number of anilines is 1. The lowest BCUT2D eigenvalue weighted by Gasteiger charge is -2.27. The monoisotopic (exact) mass is 312 g/mol. The minimum atomic E-state index is 0.397. The first-order valence-corrected chi connectivity index (χ1v) is 7.56. The molecule has 0 fully saturated rings. The van der Waals surface area contributed by atoms with Crippen LogP contribution in [-0.2, 0) is 0 Å². The summed E-state index contributed by atoms with van der Waals surface area (Å²) in [6.45, 7) is 9.80. The van der Waals surface area contributed by atoms with Gasteiger partial charge in [-0.25, -0.2) is 0 Å². The average molecular weight is 313 g/mol. The molecule has 102 valence electrons. The van der Waals surface area contributed by atoms with Crippen LogP contribution in [0.3, 0.4) is 0 Å². The van der Waals surface area contributed by atoms with Crippen LogP contribution in [0.4, 0.5) is 5.69 Å². The minimum Gasteiger partial charge on any atom is -0.371 e.